The van der Waals surface area contributed by atoms with Gasteiger partial charge in [0.15, 0.2) is 0 Å². The van der Waals surface area contributed by atoms with Crippen molar-refractivity contribution in [2.45, 2.75) is 6.92 Å². The number of ether oxygens (including phenoxy) is 1. The van der Waals surface area contributed by atoms with Crippen molar-refractivity contribution >= 4 is 0 Å². The van der Waals surface area contributed by atoms with Gasteiger partial charge in [-0.25, -0.2) is 0 Å². The minimum Gasteiger partial charge on any atom is -0.477 e. The number of pyridine rings is 1. The zero-order valence-corrected chi connectivity index (χ0v) is 6.54. The summed E-state index contributed by atoms with van der Waals surface area (Å²) < 4.78 is 17.4. The average molecular weight is 166 g/mol. The van der Waals surface area contributed by atoms with E-state index < -0.39 is 5.95 Å². The Hall–Kier alpha value is -1.63. The van der Waals surface area contributed by atoms with Gasteiger partial charge in [0.05, 0.1) is 6.61 Å². The lowest BCUT2D eigenvalue weighted by molar-refractivity contribution is 0.320. The summed E-state index contributed by atoms with van der Waals surface area (Å²) in [6.45, 7) is 2.11. The van der Waals surface area contributed by atoms with Gasteiger partial charge in [-0.3, -0.25) is 0 Å². The van der Waals surface area contributed by atoms with Crippen LogP contribution in [-0.2, 0) is 0 Å². The van der Waals surface area contributed by atoms with E-state index in [2.05, 4.69) is 4.98 Å². The number of nitrogens with zero attached hydrogens (tertiary/aromatic N) is 2. The summed E-state index contributed by atoms with van der Waals surface area (Å²) in [7, 11) is 0. The fourth-order valence-electron chi connectivity index (χ4n) is 0.750. The Balaban J connectivity index is 3.06. The summed E-state index contributed by atoms with van der Waals surface area (Å²) in [4.78, 5) is 3.42. The maximum Gasteiger partial charge on any atom is 0.234 e. The molecule has 0 aliphatic rings. The first-order chi connectivity index (χ1) is 5.77. The van der Waals surface area contributed by atoms with Gasteiger partial charge < -0.3 is 4.74 Å². The van der Waals surface area contributed by atoms with Crippen LogP contribution in [0.4, 0.5) is 4.39 Å². The van der Waals surface area contributed by atoms with E-state index >= 15 is 0 Å². The van der Waals surface area contributed by atoms with Crippen molar-refractivity contribution in [2.24, 2.45) is 0 Å². The molecule has 0 amide bonds. The molecular weight excluding hydrogens is 159 g/mol. The summed E-state index contributed by atoms with van der Waals surface area (Å²) in [6.07, 6.45) is 0. The Morgan fingerprint density at radius 1 is 1.67 bits per heavy atom. The van der Waals surface area contributed by atoms with Crippen LogP contribution in [0.1, 0.15) is 12.5 Å². The third-order valence-electron chi connectivity index (χ3n) is 1.23. The van der Waals surface area contributed by atoms with Crippen LogP contribution in [0, 0.1) is 17.3 Å². The standard InChI is InChI=1S/C8H7FN2O/c1-2-12-8-6(5-10)3-4-7(9)11-8/h3-4H,2H2,1H3. The lowest BCUT2D eigenvalue weighted by atomic mass is 10.3. The molecule has 1 rings (SSSR count). The molecule has 3 nitrogen and oxygen atoms in total. The molecule has 0 aliphatic heterocycles. The Kier molecular flexibility index (Phi) is 2.59. The molecule has 4 heteroatoms. The van der Waals surface area contributed by atoms with Gasteiger partial charge in [-0.05, 0) is 19.1 Å². The molecule has 12 heavy (non-hydrogen) atoms. The Labute approximate surface area is 69.4 Å². The third-order valence-corrected chi connectivity index (χ3v) is 1.23. The van der Waals surface area contributed by atoms with Crippen molar-refractivity contribution in [3.63, 3.8) is 0 Å². The van der Waals surface area contributed by atoms with Crippen molar-refractivity contribution in [3.05, 3.63) is 23.6 Å². The zero-order valence-electron chi connectivity index (χ0n) is 6.54. The van der Waals surface area contributed by atoms with Crippen molar-refractivity contribution < 1.29 is 9.13 Å². The van der Waals surface area contributed by atoms with Gasteiger partial charge in [-0.1, -0.05) is 0 Å². The first-order valence-electron chi connectivity index (χ1n) is 3.47. The molecule has 1 heterocycles. The highest BCUT2D eigenvalue weighted by Gasteiger charge is 2.04. The van der Waals surface area contributed by atoms with E-state index in [0.29, 0.717) is 6.61 Å². The van der Waals surface area contributed by atoms with Gasteiger partial charge >= 0.3 is 0 Å². The molecule has 1 aromatic rings. The predicted octanol–water partition coefficient (Wildman–Crippen LogP) is 1.49. The molecular formula is C8H7FN2O. The van der Waals surface area contributed by atoms with E-state index in [9.17, 15) is 4.39 Å². The van der Waals surface area contributed by atoms with Crippen molar-refractivity contribution in [1.29, 1.82) is 5.26 Å². The molecule has 0 aliphatic carbocycles. The lowest BCUT2D eigenvalue weighted by Gasteiger charge is -2.02. The highest BCUT2D eigenvalue weighted by molar-refractivity contribution is 5.37. The van der Waals surface area contributed by atoms with Crippen LogP contribution in [0.5, 0.6) is 5.88 Å². The Morgan fingerprint density at radius 2 is 2.42 bits per heavy atom. The van der Waals surface area contributed by atoms with Gasteiger partial charge in [0.1, 0.15) is 11.6 Å². The lowest BCUT2D eigenvalue weighted by Crippen LogP contribution is -1.98. The molecule has 0 atom stereocenters. The van der Waals surface area contributed by atoms with Gasteiger partial charge in [-0.15, -0.1) is 0 Å². The van der Waals surface area contributed by atoms with Crippen LogP contribution in [0.3, 0.4) is 0 Å². The molecule has 0 bridgehead atoms. The second-order valence-corrected chi connectivity index (χ2v) is 2.03. The van der Waals surface area contributed by atoms with Crippen molar-refractivity contribution in [2.75, 3.05) is 6.61 Å². The molecule has 0 spiro atoms. The maximum atomic E-state index is 12.5. The topological polar surface area (TPSA) is 45.9 Å². The SMILES string of the molecule is CCOc1nc(F)ccc1C#N. The van der Waals surface area contributed by atoms with E-state index in [4.69, 9.17) is 10.00 Å². The van der Waals surface area contributed by atoms with E-state index in [1.54, 1.807) is 6.92 Å². The Morgan fingerprint density at radius 3 is 3.00 bits per heavy atom. The third kappa shape index (κ3) is 1.70. The van der Waals surface area contributed by atoms with Crippen LogP contribution in [0.2, 0.25) is 0 Å². The van der Waals surface area contributed by atoms with Gasteiger partial charge in [0.2, 0.25) is 11.8 Å². The summed E-state index contributed by atoms with van der Waals surface area (Å²) in [6, 6.07) is 4.32. The van der Waals surface area contributed by atoms with Crippen LogP contribution < -0.4 is 4.74 Å². The fourth-order valence-corrected chi connectivity index (χ4v) is 0.750. The molecule has 0 N–H and O–H groups in total. The first-order valence-corrected chi connectivity index (χ1v) is 3.47. The largest absolute Gasteiger partial charge is 0.477 e. The zero-order chi connectivity index (χ0) is 8.97. The number of hydrogen-bond acceptors (Lipinski definition) is 3. The van der Waals surface area contributed by atoms with Crippen LogP contribution in [-0.4, -0.2) is 11.6 Å². The second-order valence-electron chi connectivity index (χ2n) is 2.03. The number of halogens is 1. The summed E-state index contributed by atoms with van der Waals surface area (Å²) in [5.74, 6) is -0.586. The number of hydrogen-bond donors (Lipinski definition) is 0. The van der Waals surface area contributed by atoms with Crippen LogP contribution in [0.15, 0.2) is 12.1 Å². The number of aromatic nitrogens is 1. The summed E-state index contributed by atoms with van der Waals surface area (Å²) >= 11 is 0. The Bertz CT molecular complexity index is 319. The quantitative estimate of drug-likeness (QED) is 0.625. The van der Waals surface area contributed by atoms with Gasteiger partial charge in [-0.2, -0.15) is 14.6 Å². The van der Waals surface area contributed by atoms with Gasteiger partial charge in [0, 0.05) is 0 Å². The van der Waals surface area contributed by atoms with E-state index in [-0.39, 0.29) is 11.4 Å². The second kappa shape index (κ2) is 3.67. The fraction of sp³-hybridized carbons (Fsp3) is 0.250. The van der Waals surface area contributed by atoms with Crippen LogP contribution in [0.25, 0.3) is 0 Å². The maximum absolute atomic E-state index is 12.5. The minimum atomic E-state index is -0.641. The molecule has 0 fully saturated rings. The van der Waals surface area contributed by atoms with E-state index in [1.165, 1.54) is 6.07 Å². The highest BCUT2D eigenvalue weighted by atomic mass is 19.1. The molecule has 0 saturated heterocycles. The van der Waals surface area contributed by atoms with E-state index in [1.807, 2.05) is 6.07 Å². The highest BCUT2D eigenvalue weighted by Crippen LogP contribution is 2.13. The molecule has 0 unspecified atom stereocenters. The van der Waals surface area contributed by atoms with Crippen LogP contribution >= 0.6 is 0 Å². The molecule has 0 saturated carbocycles. The monoisotopic (exact) mass is 166 g/mol. The van der Waals surface area contributed by atoms with E-state index in [0.717, 1.165) is 6.07 Å². The summed E-state index contributed by atoms with van der Waals surface area (Å²) in [5.41, 5.74) is 0.248. The predicted molar refractivity (Wildman–Crippen MR) is 40.1 cm³/mol. The molecule has 0 radical (unpaired) electrons. The minimum absolute atomic E-state index is 0.0556. The number of nitriles is 1. The van der Waals surface area contributed by atoms with Crippen molar-refractivity contribution in [1.82, 2.24) is 4.98 Å². The van der Waals surface area contributed by atoms with Crippen molar-refractivity contribution in [3.8, 4) is 11.9 Å². The molecule has 1 aromatic heterocycles. The average Bonchev–Trinajstić information content (AvgIpc) is 2.05. The first kappa shape index (κ1) is 8.47. The number of rotatable bonds is 2. The smallest absolute Gasteiger partial charge is 0.234 e. The molecule has 62 valence electrons. The normalized spacial score (nSPS) is 9.08. The molecule has 0 aromatic carbocycles. The summed E-state index contributed by atoms with van der Waals surface area (Å²) in [5, 5.41) is 8.54. The van der Waals surface area contributed by atoms with Gasteiger partial charge in [0.25, 0.3) is 0 Å².